The summed E-state index contributed by atoms with van der Waals surface area (Å²) in [5, 5.41) is 6.80. The first kappa shape index (κ1) is 44.4. The Balaban J connectivity index is 0.000000186. The second kappa shape index (κ2) is 20.9. The fraction of sp³-hybridized carbons (Fsp3) is 0.280. The molecule has 4 atom stereocenters. The van der Waals surface area contributed by atoms with Crippen molar-refractivity contribution in [2.45, 2.75) is 49.6 Å². The topological polar surface area (TPSA) is 61.0 Å². The van der Waals surface area contributed by atoms with Crippen LogP contribution in [0.5, 0.6) is 11.5 Å². The molecule has 2 aliphatic rings. The van der Waals surface area contributed by atoms with E-state index in [2.05, 4.69) is 44.4 Å². The zero-order chi connectivity index (χ0) is 43.4. The van der Waals surface area contributed by atoms with Crippen LogP contribution in [0.3, 0.4) is 0 Å². The molecule has 0 spiro atoms. The third kappa shape index (κ3) is 12.7. The van der Waals surface area contributed by atoms with E-state index in [4.69, 9.17) is 9.47 Å². The van der Waals surface area contributed by atoms with Gasteiger partial charge in [0.15, 0.2) is 0 Å². The molecule has 2 N–H and O–H groups in total. The lowest BCUT2D eigenvalue weighted by Crippen LogP contribution is -2.42. The van der Waals surface area contributed by atoms with Crippen LogP contribution in [0.25, 0.3) is 22.3 Å². The highest BCUT2D eigenvalue weighted by atomic mass is 19.4. The van der Waals surface area contributed by atoms with Crippen LogP contribution >= 0.6 is 0 Å². The largest absolute Gasteiger partial charge is 0.573 e. The van der Waals surface area contributed by atoms with Crippen molar-refractivity contribution in [2.75, 3.05) is 39.4 Å². The van der Waals surface area contributed by atoms with Crippen molar-refractivity contribution in [3.05, 3.63) is 180 Å². The minimum atomic E-state index is -4.72. The van der Waals surface area contributed by atoms with Crippen molar-refractivity contribution in [1.82, 2.24) is 10.6 Å². The highest BCUT2D eigenvalue weighted by Crippen LogP contribution is 2.36. The highest BCUT2D eigenvalue weighted by Gasteiger charge is 2.33. The van der Waals surface area contributed by atoms with Crippen LogP contribution < -0.4 is 20.1 Å². The monoisotopic (exact) mass is 854 g/mol. The Hall–Kier alpha value is -5.66. The SMILES string of the molecule is FC(F)(F)Oc1cccc(-c2ccccc2C[C@@H](c2ccccc2)[C@@H]2CNCCO2)c1.FC(F)(F)Oc1cccc(-c2ccccc2C[C@H](c2ccccc2)[C@H]2CNCCO2)c1. The third-order valence-electron chi connectivity index (χ3n) is 10.9. The summed E-state index contributed by atoms with van der Waals surface area (Å²) >= 11 is 0. The first-order valence-electron chi connectivity index (χ1n) is 20.6. The zero-order valence-corrected chi connectivity index (χ0v) is 33.9. The Morgan fingerprint density at radius 1 is 0.484 bits per heavy atom. The van der Waals surface area contributed by atoms with Gasteiger partial charge in [0.25, 0.3) is 0 Å². The van der Waals surface area contributed by atoms with Gasteiger partial charge in [-0.15, -0.1) is 26.3 Å². The number of benzene rings is 6. The first-order valence-corrected chi connectivity index (χ1v) is 20.6. The van der Waals surface area contributed by atoms with E-state index >= 15 is 0 Å². The van der Waals surface area contributed by atoms with E-state index in [0.717, 1.165) is 48.4 Å². The van der Waals surface area contributed by atoms with Gasteiger partial charge in [0, 0.05) is 38.0 Å². The van der Waals surface area contributed by atoms with Crippen molar-refractivity contribution >= 4 is 0 Å². The molecule has 62 heavy (non-hydrogen) atoms. The fourth-order valence-electron chi connectivity index (χ4n) is 8.17. The van der Waals surface area contributed by atoms with Gasteiger partial charge >= 0.3 is 12.7 Å². The Labute approximate surface area is 357 Å². The Morgan fingerprint density at radius 2 is 0.871 bits per heavy atom. The first-order chi connectivity index (χ1) is 30.0. The molecule has 324 valence electrons. The minimum absolute atomic E-state index is 0.0177. The van der Waals surface area contributed by atoms with Crippen molar-refractivity contribution in [3.63, 3.8) is 0 Å². The Bertz CT molecular complexity index is 2130. The number of nitrogens with one attached hydrogen (secondary N) is 2. The summed E-state index contributed by atoms with van der Waals surface area (Å²) < 4.78 is 96.5. The summed E-state index contributed by atoms with van der Waals surface area (Å²) in [6.45, 7) is 4.51. The molecule has 12 heteroatoms. The predicted octanol–water partition coefficient (Wildman–Crippen LogP) is 11.1. The number of rotatable bonds is 12. The maximum atomic E-state index is 12.7. The number of hydrogen-bond acceptors (Lipinski definition) is 6. The molecule has 0 saturated carbocycles. The fourth-order valence-corrected chi connectivity index (χ4v) is 8.17. The number of ether oxygens (including phenoxy) is 4. The quantitative estimate of drug-likeness (QED) is 0.120. The maximum Gasteiger partial charge on any atom is 0.573 e. The normalized spacial score (nSPS) is 17.8. The van der Waals surface area contributed by atoms with Crippen LogP contribution in [0, 0.1) is 0 Å². The molecule has 2 aliphatic heterocycles. The summed E-state index contributed by atoms with van der Waals surface area (Å²) in [5.41, 5.74) is 7.61. The Morgan fingerprint density at radius 3 is 1.24 bits per heavy atom. The average Bonchev–Trinajstić information content (AvgIpc) is 3.28. The van der Waals surface area contributed by atoms with Gasteiger partial charge in [0.05, 0.1) is 25.4 Å². The highest BCUT2D eigenvalue weighted by molar-refractivity contribution is 5.70. The molecule has 2 saturated heterocycles. The van der Waals surface area contributed by atoms with E-state index in [1.54, 1.807) is 24.3 Å². The lowest BCUT2D eigenvalue weighted by Gasteiger charge is -2.32. The van der Waals surface area contributed by atoms with Crippen LogP contribution in [-0.4, -0.2) is 64.3 Å². The van der Waals surface area contributed by atoms with E-state index in [-0.39, 0.29) is 35.5 Å². The molecule has 0 amide bonds. The number of hydrogen-bond donors (Lipinski definition) is 2. The standard InChI is InChI=1S/2C25H24F3NO2/c2*26-25(27,28)31-21-11-6-10-19(15-21)22-12-5-4-9-20(22)16-23(18-7-2-1-3-8-18)24-17-29-13-14-30-24/h2*1-12,15,23-24,29H,13-14,16-17H2/t2*23-,24-/m10/s1. The maximum absolute atomic E-state index is 12.7. The van der Waals surface area contributed by atoms with Crippen LogP contribution in [0.2, 0.25) is 0 Å². The van der Waals surface area contributed by atoms with Crippen molar-refractivity contribution in [1.29, 1.82) is 0 Å². The minimum Gasteiger partial charge on any atom is -0.406 e. The molecule has 2 fully saturated rings. The molecular formula is C50H48F6N2O4. The Kier molecular flexibility index (Phi) is 15.0. The lowest BCUT2D eigenvalue weighted by atomic mass is 9.84. The molecule has 2 heterocycles. The molecule has 0 aliphatic carbocycles. The second-order valence-electron chi connectivity index (χ2n) is 15.1. The van der Waals surface area contributed by atoms with Gasteiger partial charge in [-0.3, -0.25) is 0 Å². The van der Waals surface area contributed by atoms with E-state index in [1.807, 2.05) is 84.9 Å². The van der Waals surface area contributed by atoms with Gasteiger partial charge in [-0.1, -0.05) is 133 Å². The van der Waals surface area contributed by atoms with Gasteiger partial charge < -0.3 is 29.6 Å². The second-order valence-corrected chi connectivity index (χ2v) is 15.1. The molecule has 8 rings (SSSR count). The summed E-state index contributed by atoms with van der Waals surface area (Å²) in [7, 11) is 0. The predicted molar refractivity (Wildman–Crippen MR) is 228 cm³/mol. The summed E-state index contributed by atoms with van der Waals surface area (Å²) in [5.74, 6) is -0.215. The van der Waals surface area contributed by atoms with E-state index < -0.39 is 12.7 Å². The molecule has 6 aromatic carbocycles. The van der Waals surface area contributed by atoms with E-state index in [9.17, 15) is 26.3 Å². The van der Waals surface area contributed by atoms with Gasteiger partial charge in [0.2, 0.25) is 0 Å². The van der Waals surface area contributed by atoms with E-state index in [1.165, 1.54) is 35.4 Å². The van der Waals surface area contributed by atoms with E-state index in [0.29, 0.717) is 37.2 Å². The summed E-state index contributed by atoms with van der Waals surface area (Å²) in [6.07, 6.45) is -7.99. The van der Waals surface area contributed by atoms with Crippen molar-refractivity contribution in [2.24, 2.45) is 0 Å². The molecule has 6 nitrogen and oxygen atoms in total. The molecular weight excluding hydrogens is 807 g/mol. The van der Waals surface area contributed by atoms with Crippen LogP contribution in [0.15, 0.2) is 158 Å². The third-order valence-corrected chi connectivity index (χ3v) is 10.9. The molecule has 0 aromatic heterocycles. The van der Waals surface area contributed by atoms with Crippen LogP contribution in [0.4, 0.5) is 26.3 Å². The van der Waals surface area contributed by atoms with Crippen LogP contribution in [0.1, 0.15) is 34.1 Å². The summed E-state index contributed by atoms with van der Waals surface area (Å²) in [6, 6.07) is 48.3. The molecule has 0 bridgehead atoms. The van der Waals surface area contributed by atoms with Crippen molar-refractivity contribution < 1.29 is 45.3 Å². The molecule has 6 aromatic rings. The van der Waals surface area contributed by atoms with Gasteiger partial charge in [0.1, 0.15) is 11.5 Å². The smallest absolute Gasteiger partial charge is 0.406 e. The molecule has 0 radical (unpaired) electrons. The average molecular weight is 855 g/mol. The van der Waals surface area contributed by atoms with Gasteiger partial charge in [-0.25, -0.2) is 0 Å². The summed E-state index contributed by atoms with van der Waals surface area (Å²) in [4.78, 5) is 0. The number of alkyl halides is 6. The number of halogens is 6. The number of morpholine rings is 2. The van der Waals surface area contributed by atoms with Crippen molar-refractivity contribution in [3.8, 4) is 33.8 Å². The zero-order valence-electron chi connectivity index (χ0n) is 33.9. The molecule has 0 unspecified atom stereocenters. The van der Waals surface area contributed by atoms with Gasteiger partial charge in [-0.05, 0) is 81.6 Å². The van der Waals surface area contributed by atoms with Crippen LogP contribution in [-0.2, 0) is 22.3 Å². The van der Waals surface area contributed by atoms with Gasteiger partial charge in [-0.2, -0.15) is 0 Å². The lowest BCUT2D eigenvalue weighted by molar-refractivity contribution is -0.275.